The molecule has 2 aromatic heterocycles. The summed E-state index contributed by atoms with van der Waals surface area (Å²) in [7, 11) is 0. The molecule has 0 unspecified atom stereocenters. The molecule has 0 radical (unpaired) electrons. The van der Waals surface area contributed by atoms with Crippen LogP contribution in [0.2, 0.25) is 0 Å². The molecule has 2 fully saturated rings. The Kier molecular flexibility index (Phi) is 8.82. The molecule has 0 saturated carbocycles. The maximum atomic E-state index is 12.3. The second-order valence-corrected chi connectivity index (χ2v) is 10.6. The zero-order chi connectivity index (χ0) is 29.4. The first kappa shape index (κ1) is 28.3. The summed E-state index contributed by atoms with van der Waals surface area (Å²) in [5.41, 5.74) is 3.83. The maximum absolute atomic E-state index is 12.3. The number of benzene rings is 2. The lowest BCUT2D eigenvalue weighted by Crippen LogP contribution is -2.56. The van der Waals surface area contributed by atoms with Crippen LogP contribution in [0.15, 0.2) is 79.3 Å². The van der Waals surface area contributed by atoms with Crippen LogP contribution in [0.5, 0.6) is 5.75 Å². The number of nitrogens with zero attached hydrogens (tertiary/aromatic N) is 6. The van der Waals surface area contributed by atoms with E-state index in [-0.39, 0.29) is 5.78 Å². The second kappa shape index (κ2) is 13.4. The zero-order valence-corrected chi connectivity index (χ0v) is 23.9. The number of hydrogen-bond acceptors (Lipinski definition) is 10. The van der Waals surface area contributed by atoms with Crippen molar-refractivity contribution < 1.29 is 14.3 Å². The van der Waals surface area contributed by atoms with Gasteiger partial charge in [-0.25, -0.2) is 9.97 Å². The third-order valence-corrected chi connectivity index (χ3v) is 7.76. The molecule has 6 rings (SSSR count). The molecular weight excluding hydrogens is 542 g/mol. The van der Waals surface area contributed by atoms with Crippen LogP contribution in [-0.2, 0) is 4.74 Å². The highest BCUT2D eigenvalue weighted by Crippen LogP contribution is 2.27. The standard InChI is InChI=1S/C33H33N7O3/c34-20-26-19-24(5-10-31(26)43-18-2-4-30(41)25-3-1-12-35-21-25)33-36-13-11-32(38-33)37-27-6-8-28(9-7-27)39-14-16-40(17-15-39)29-22-42-23-29/h1,3,5-13,19,21,29H,2,4,14-18,22-23H2,(H,36,37,38). The molecule has 2 aliphatic heterocycles. The van der Waals surface area contributed by atoms with Gasteiger partial charge in [0.1, 0.15) is 17.6 Å². The van der Waals surface area contributed by atoms with Crippen molar-refractivity contribution in [3.05, 3.63) is 90.4 Å². The van der Waals surface area contributed by atoms with Crippen LogP contribution in [0, 0.1) is 11.3 Å². The first-order chi connectivity index (χ1) is 21.2. The number of ether oxygens (including phenoxy) is 2. The molecular formula is C33H33N7O3. The van der Waals surface area contributed by atoms with Crippen molar-refractivity contribution >= 4 is 23.0 Å². The van der Waals surface area contributed by atoms with Crippen LogP contribution in [0.3, 0.4) is 0 Å². The van der Waals surface area contributed by atoms with E-state index >= 15 is 0 Å². The van der Waals surface area contributed by atoms with E-state index < -0.39 is 0 Å². The second-order valence-electron chi connectivity index (χ2n) is 10.6. The third-order valence-electron chi connectivity index (χ3n) is 7.76. The summed E-state index contributed by atoms with van der Waals surface area (Å²) in [5.74, 6) is 1.64. The smallest absolute Gasteiger partial charge is 0.164 e. The summed E-state index contributed by atoms with van der Waals surface area (Å²) < 4.78 is 11.2. The molecule has 2 saturated heterocycles. The summed E-state index contributed by atoms with van der Waals surface area (Å²) in [4.78, 5) is 30.3. The molecule has 2 aliphatic rings. The van der Waals surface area contributed by atoms with Gasteiger partial charge in [0.25, 0.3) is 0 Å². The normalized spacial score (nSPS) is 15.4. The van der Waals surface area contributed by atoms with Gasteiger partial charge in [-0.05, 0) is 67.1 Å². The minimum Gasteiger partial charge on any atom is -0.492 e. The van der Waals surface area contributed by atoms with Crippen molar-refractivity contribution in [2.75, 3.05) is 56.2 Å². The van der Waals surface area contributed by atoms with Gasteiger partial charge in [-0.15, -0.1) is 0 Å². The summed E-state index contributed by atoms with van der Waals surface area (Å²) in [6, 6.07) is 21.8. The Bertz CT molecular complexity index is 1580. The van der Waals surface area contributed by atoms with Gasteiger partial charge < -0.3 is 19.7 Å². The maximum Gasteiger partial charge on any atom is 0.164 e. The number of aromatic nitrogens is 3. The van der Waals surface area contributed by atoms with Gasteiger partial charge in [-0.2, -0.15) is 5.26 Å². The quantitative estimate of drug-likeness (QED) is 0.199. The van der Waals surface area contributed by atoms with Crippen molar-refractivity contribution in [1.29, 1.82) is 5.26 Å². The molecule has 1 N–H and O–H groups in total. The average molecular weight is 576 g/mol. The van der Waals surface area contributed by atoms with Crippen LogP contribution in [0.1, 0.15) is 28.8 Å². The van der Waals surface area contributed by atoms with Gasteiger partial charge in [0.15, 0.2) is 11.6 Å². The summed E-state index contributed by atoms with van der Waals surface area (Å²) >= 11 is 0. The van der Waals surface area contributed by atoms with E-state index in [2.05, 4.69) is 60.4 Å². The van der Waals surface area contributed by atoms with Crippen LogP contribution in [-0.4, -0.2) is 77.7 Å². The lowest BCUT2D eigenvalue weighted by molar-refractivity contribution is -0.0660. The number of pyridine rings is 1. The average Bonchev–Trinajstić information content (AvgIpc) is 3.03. The highest BCUT2D eigenvalue weighted by molar-refractivity contribution is 5.95. The van der Waals surface area contributed by atoms with E-state index in [4.69, 9.17) is 9.47 Å². The molecule has 0 amide bonds. The van der Waals surface area contributed by atoms with E-state index in [0.717, 1.165) is 45.1 Å². The summed E-state index contributed by atoms with van der Waals surface area (Å²) in [6.07, 6.45) is 5.77. The molecule has 0 spiro atoms. The number of nitrogens with one attached hydrogen (secondary N) is 1. The predicted octanol–water partition coefficient (Wildman–Crippen LogP) is 4.72. The third kappa shape index (κ3) is 6.97. The van der Waals surface area contributed by atoms with Gasteiger partial charge >= 0.3 is 0 Å². The number of nitriles is 1. The largest absolute Gasteiger partial charge is 0.492 e. The lowest BCUT2D eigenvalue weighted by Gasteiger charge is -2.43. The Labute approximate surface area is 250 Å². The Morgan fingerprint density at radius 1 is 1.05 bits per heavy atom. The molecule has 10 heteroatoms. The number of hydrogen-bond donors (Lipinski definition) is 1. The molecule has 43 heavy (non-hydrogen) atoms. The minimum absolute atomic E-state index is 0.0166. The summed E-state index contributed by atoms with van der Waals surface area (Å²) in [6.45, 7) is 6.20. The van der Waals surface area contributed by atoms with E-state index in [1.54, 1.807) is 42.9 Å². The SMILES string of the molecule is N#Cc1cc(-c2nccc(Nc3ccc(N4CCN(C5COC5)CC4)cc3)n2)ccc1OCCCC(=O)c1cccnc1. The minimum atomic E-state index is 0.0166. The molecule has 218 valence electrons. The molecule has 0 aliphatic carbocycles. The Morgan fingerprint density at radius 3 is 2.60 bits per heavy atom. The first-order valence-electron chi connectivity index (χ1n) is 14.5. The van der Waals surface area contributed by atoms with E-state index in [0.29, 0.717) is 59.6 Å². The predicted molar refractivity (Wildman–Crippen MR) is 164 cm³/mol. The number of piperazine rings is 1. The molecule has 2 aromatic carbocycles. The van der Waals surface area contributed by atoms with E-state index in [1.165, 1.54) is 5.69 Å². The van der Waals surface area contributed by atoms with Crippen LogP contribution in [0.4, 0.5) is 17.2 Å². The highest BCUT2D eigenvalue weighted by Gasteiger charge is 2.28. The number of ketones is 1. The molecule has 0 atom stereocenters. The fourth-order valence-electron chi connectivity index (χ4n) is 5.22. The molecule has 4 aromatic rings. The number of rotatable bonds is 11. The number of anilines is 3. The van der Waals surface area contributed by atoms with Gasteiger partial charge in [0, 0.05) is 73.7 Å². The fraction of sp³-hybridized carbons (Fsp3) is 0.303. The van der Waals surface area contributed by atoms with Crippen molar-refractivity contribution in [3.63, 3.8) is 0 Å². The monoisotopic (exact) mass is 575 g/mol. The van der Waals surface area contributed by atoms with Gasteiger partial charge in [-0.3, -0.25) is 14.7 Å². The molecule has 10 nitrogen and oxygen atoms in total. The van der Waals surface area contributed by atoms with Gasteiger partial charge in [0.05, 0.1) is 31.4 Å². The van der Waals surface area contributed by atoms with E-state index in [9.17, 15) is 10.1 Å². The first-order valence-corrected chi connectivity index (χ1v) is 14.5. The van der Waals surface area contributed by atoms with Gasteiger partial charge in [0.2, 0.25) is 0 Å². The number of Topliss-reactive ketones (excluding diaryl/α,β-unsaturated/α-hetero) is 1. The van der Waals surface area contributed by atoms with Crippen molar-refractivity contribution in [2.45, 2.75) is 18.9 Å². The molecule has 4 heterocycles. The Morgan fingerprint density at radius 2 is 1.88 bits per heavy atom. The van der Waals surface area contributed by atoms with Crippen LogP contribution in [0.25, 0.3) is 11.4 Å². The van der Waals surface area contributed by atoms with Crippen molar-refractivity contribution in [2.24, 2.45) is 0 Å². The molecule has 0 bridgehead atoms. The number of carbonyl (C=O) groups excluding carboxylic acids is 1. The Balaban J connectivity index is 1.03. The fourth-order valence-corrected chi connectivity index (χ4v) is 5.22. The highest BCUT2D eigenvalue weighted by atomic mass is 16.5. The zero-order valence-electron chi connectivity index (χ0n) is 23.9. The number of carbonyl (C=O) groups is 1. The van der Waals surface area contributed by atoms with Crippen molar-refractivity contribution in [3.8, 4) is 23.2 Å². The topological polar surface area (TPSA) is 117 Å². The summed E-state index contributed by atoms with van der Waals surface area (Å²) in [5, 5.41) is 13.1. The van der Waals surface area contributed by atoms with Crippen LogP contribution >= 0.6 is 0 Å². The van der Waals surface area contributed by atoms with Crippen LogP contribution < -0.4 is 15.0 Å². The van der Waals surface area contributed by atoms with Crippen molar-refractivity contribution in [1.82, 2.24) is 19.9 Å². The Hall–Kier alpha value is -4.85. The van der Waals surface area contributed by atoms with Gasteiger partial charge in [-0.1, -0.05) is 0 Å². The lowest BCUT2D eigenvalue weighted by atomic mass is 10.1. The van der Waals surface area contributed by atoms with E-state index in [1.807, 2.05) is 12.1 Å².